The summed E-state index contributed by atoms with van der Waals surface area (Å²) in [7, 11) is 1.62. The van der Waals surface area contributed by atoms with E-state index in [4.69, 9.17) is 11.6 Å². The maximum atomic E-state index is 12.5. The fourth-order valence-electron chi connectivity index (χ4n) is 2.51. The summed E-state index contributed by atoms with van der Waals surface area (Å²) in [6.45, 7) is 2.93. The molecule has 1 unspecified atom stereocenters. The van der Waals surface area contributed by atoms with Crippen molar-refractivity contribution in [1.29, 1.82) is 0 Å². The molecule has 1 aromatic heterocycles. The normalized spacial score (nSPS) is 18.8. The lowest BCUT2D eigenvalue weighted by atomic mass is 9.96. The number of rotatable bonds is 2. The Morgan fingerprint density at radius 3 is 2.85 bits per heavy atom. The number of likely N-dealkylation sites (tertiary alicyclic amines) is 1. The number of halogens is 1. The fourth-order valence-corrected chi connectivity index (χ4v) is 2.76. The molecule has 2 amide bonds. The zero-order valence-electron chi connectivity index (χ0n) is 11.6. The minimum absolute atomic E-state index is 0.00792. The summed E-state index contributed by atoms with van der Waals surface area (Å²) in [6.07, 6.45) is 1.65. The summed E-state index contributed by atoms with van der Waals surface area (Å²) >= 11 is 5.89. The van der Waals surface area contributed by atoms with Gasteiger partial charge in [0.1, 0.15) is 5.15 Å². The quantitative estimate of drug-likeness (QED) is 0.844. The molecule has 0 saturated carbocycles. The summed E-state index contributed by atoms with van der Waals surface area (Å²) in [6, 6.07) is 3.29. The van der Waals surface area contributed by atoms with Gasteiger partial charge in [-0.1, -0.05) is 11.6 Å². The standard InChI is InChI=1S/C14H18ClN3O2/c1-9-6-11(7-12(15)17-9)14(20)18-5-3-4-10(8-18)13(19)16-2/h6-7,10H,3-5,8H2,1-2H3,(H,16,19). The van der Waals surface area contributed by atoms with Crippen LogP contribution >= 0.6 is 11.6 Å². The van der Waals surface area contributed by atoms with Gasteiger partial charge in [-0.2, -0.15) is 0 Å². The van der Waals surface area contributed by atoms with Gasteiger partial charge in [0.15, 0.2) is 0 Å². The van der Waals surface area contributed by atoms with Crippen LogP contribution in [-0.4, -0.2) is 41.8 Å². The van der Waals surface area contributed by atoms with E-state index in [2.05, 4.69) is 10.3 Å². The Balaban J connectivity index is 2.14. The first-order chi connectivity index (χ1) is 9.51. The molecule has 6 heteroatoms. The topological polar surface area (TPSA) is 62.3 Å². The third-order valence-corrected chi connectivity index (χ3v) is 3.69. The molecule has 20 heavy (non-hydrogen) atoms. The van der Waals surface area contributed by atoms with Gasteiger partial charge < -0.3 is 10.2 Å². The number of carbonyl (C=O) groups excluding carboxylic acids is 2. The maximum absolute atomic E-state index is 12.5. The molecule has 0 spiro atoms. The van der Waals surface area contributed by atoms with Gasteiger partial charge in [-0.3, -0.25) is 9.59 Å². The molecule has 1 aliphatic rings. The number of pyridine rings is 1. The highest BCUT2D eigenvalue weighted by atomic mass is 35.5. The van der Waals surface area contributed by atoms with Crippen LogP contribution in [0.25, 0.3) is 0 Å². The Morgan fingerprint density at radius 1 is 1.45 bits per heavy atom. The van der Waals surface area contributed by atoms with Crippen LogP contribution in [0.5, 0.6) is 0 Å². The average Bonchev–Trinajstić information content (AvgIpc) is 2.44. The van der Waals surface area contributed by atoms with Crippen molar-refractivity contribution in [2.75, 3.05) is 20.1 Å². The third-order valence-electron chi connectivity index (χ3n) is 3.49. The second-order valence-corrected chi connectivity index (χ2v) is 5.41. The van der Waals surface area contributed by atoms with Gasteiger partial charge >= 0.3 is 0 Å². The van der Waals surface area contributed by atoms with Crippen molar-refractivity contribution in [2.24, 2.45) is 5.92 Å². The zero-order chi connectivity index (χ0) is 14.7. The van der Waals surface area contributed by atoms with Gasteiger partial charge in [0.25, 0.3) is 5.91 Å². The number of amides is 2. The predicted molar refractivity (Wildman–Crippen MR) is 76.7 cm³/mol. The average molecular weight is 296 g/mol. The molecular formula is C14H18ClN3O2. The number of piperidine rings is 1. The van der Waals surface area contributed by atoms with E-state index >= 15 is 0 Å². The van der Waals surface area contributed by atoms with Gasteiger partial charge in [0.05, 0.1) is 5.92 Å². The number of aromatic nitrogens is 1. The van der Waals surface area contributed by atoms with Crippen LogP contribution in [0.1, 0.15) is 28.9 Å². The lowest BCUT2D eigenvalue weighted by Crippen LogP contribution is -2.44. The van der Waals surface area contributed by atoms with Crippen molar-refractivity contribution >= 4 is 23.4 Å². The molecule has 5 nitrogen and oxygen atoms in total. The smallest absolute Gasteiger partial charge is 0.254 e. The van der Waals surface area contributed by atoms with E-state index < -0.39 is 0 Å². The van der Waals surface area contributed by atoms with E-state index in [0.717, 1.165) is 12.8 Å². The Hall–Kier alpha value is -1.62. The number of nitrogens with one attached hydrogen (secondary N) is 1. The van der Waals surface area contributed by atoms with Crippen LogP contribution in [0.15, 0.2) is 12.1 Å². The van der Waals surface area contributed by atoms with Crippen molar-refractivity contribution in [2.45, 2.75) is 19.8 Å². The van der Waals surface area contributed by atoms with Crippen LogP contribution < -0.4 is 5.32 Å². The lowest BCUT2D eigenvalue weighted by molar-refractivity contribution is -0.125. The highest BCUT2D eigenvalue weighted by Crippen LogP contribution is 2.20. The first kappa shape index (κ1) is 14.8. The van der Waals surface area contributed by atoms with Gasteiger partial charge in [0.2, 0.25) is 5.91 Å². The Bertz CT molecular complexity index is 513. The van der Waals surface area contributed by atoms with Crippen LogP contribution in [0.3, 0.4) is 0 Å². The Labute approximate surface area is 123 Å². The summed E-state index contributed by atoms with van der Waals surface area (Å²) in [5, 5.41) is 2.96. The number of nitrogens with zero attached hydrogens (tertiary/aromatic N) is 2. The number of carbonyl (C=O) groups is 2. The van der Waals surface area contributed by atoms with Crippen LogP contribution in [0.2, 0.25) is 5.15 Å². The highest BCUT2D eigenvalue weighted by molar-refractivity contribution is 6.29. The molecule has 0 radical (unpaired) electrons. The van der Waals surface area contributed by atoms with E-state index in [1.54, 1.807) is 31.0 Å². The molecule has 2 heterocycles. The summed E-state index contributed by atoms with van der Waals surface area (Å²) in [5.41, 5.74) is 1.24. The molecule has 1 fully saturated rings. The predicted octanol–water partition coefficient (Wildman–Crippen LogP) is 1.64. The van der Waals surface area contributed by atoms with Crippen molar-refractivity contribution in [3.05, 3.63) is 28.5 Å². The SMILES string of the molecule is CNC(=O)C1CCCN(C(=O)c2cc(C)nc(Cl)c2)C1. The van der Waals surface area contributed by atoms with E-state index in [9.17, 15) is 9.59 Å². The minimum atomic E-state index is -0.129. The maximum Gasteiger partial charge on any atom is 0.254 e. The van der Waals surface area contributed by atoms with E-state index in [1.165, 1.54) is 0 Å². The van der Waals surface area contributed by atoms with Gasteiger partial charge in [0, 0.05) is 31.4 Å². The number of hydrogen-bond donors (Lipinski definition) is 1. The molecule has 0 bridgehead atoms. The second-order valence-electron chi connectivity index (χ2n) is 5.02. The van der Waals surface area contributed by atoms with Crippen molar-refractivity contribution in [3.63, 3.8) is 0 Å². The van der Waals surface area contributed by atoms with Crippen LogP contribution in [-0.2, 0) is 4.79 Å². The summed E-state index contributed by atoms with van der Waals surface area (Å²) < 4.78 is 0. The van der Waals surface area contributed by atoms with E-state index in [0.29, 0.717) is 29.5 Å². The molecule has 0 aliphatic carbocycles. The fraction of sp³-hybridized carbons (Fsp3) is 0.500. The largest absolute Gasteiger partial charge is 0.359 e. The second kappa shape index (κ2) is 6.22. The van der Waals surface area contributed by atoms with Gasteiger partial charge in [-0.15, -0.1) is 0 Å². The first-order valence-electron chi connectivity index (χ1n) is 6.66. The molecular weight excluding hydrogens is 278 g/mol. The van der Waals surface area contributed by atoms with Crippen molar-refractivity contribution in [3.8, 4) is 0 Å². The molecule has 1 N–H and O–H groups in total. The first-order valence-corrected chi connectivity index (χ1v) is 7.04. The number of hydrogen-bond acceptors (Lipinski definition) is 3. The van der Waals surface area contributed by atoms with Crippen LogP contribution in [0.4, 0.5) is 0 Å². The van der Waals surface area contributed by atoms with E-state index in [-0.39, 0.29) is 17.7 Å². The zero-order valence-corrected chi connectivity index (χ0v) is 12.4. The molecule has 1 saturated heterocycles. The Morgan fingerprint density at radius 2 is 2.20 bits per heavy atom. The van der Waals surface area contributed by atoms with Gasteiger partial charge in [-0.05, 0) is 31.9 Å². The molecule has 0 aromatic carbocycles. The molecule has 1 aromatic rings. The monoisotopic (exact) mass is 295 g/mol. The summed E-state index contributed by atoms with van der Waals surface area (Å²) in [4.78, 5) is 29.9. The third kappa shape index (κ3) is 3.28. The van der Waals surface area contributed by atoms with Gasteiger partial charge in [-0.25, -0.2) is 4.98 Å². The summed E-state index contributed by atoms with van der Waals surface area (Å²) in [5.74, 6) is -0.228. The highest BCUT2D eigenvalue weighted by Gasteiger charge is 2.28. The molecule has 2 rings (SSSR count). The van der Waals surface area contributed by atoms with Crippen molar-refractivity contribution < 1.29 is 9.59 Å². The minimum Gasteiger partial charge on any atom is -0.359 e. The number of aryl methyl sites for hydroxylation is 1. The van der Waals surface area contributed by atoms with E-state index in [1.807, 2.05) is 0 Å². The molecule has 108 valence electrons. The molecule has 1 aliphatic heterocycles. The van der Waals surface area contributed by atoms with Crippen molar-refractivity contribution in [1.82, 2.24) is 15.2 Å². The lowest BCUT2D eigenvalue weighted by Gasteiger charge is -2.32. The Kier molecular flexibility index (Phi) is 4.60. The molecule has 1 atom stereocenters. The van der Waals surface area contributed by atoms with Crippen LogP contribution in [0, 0.1) is 12.8 Å².